The fourth-order valence-electron chi connectivity index (χ4n) is 1.31. The van der Waals surface area contributed by atoms with E-state index in [9.17, 15) is 4.21 Å². The van der Waals surface area contributed by atoms with Gasteiger partial charge in [0.15, 0.2) is 0 Å². The van der Waals surface area contributed by atoms with Gasteiger partial charge in [0, 0.05) is 0 Å². The summed E-state index contributed by atoms with van der Waals surface area (Å²) >= 11 is 3.94. The Morgan fingerprint density at radius 3 is 2.39 bits per heavy atom. The molecule has 1 aromatic carbocycles. The fraction of sp³-hybridized carbons (Fsp3) is 0.538. The minimum atomic E-state index is -1.61. The molecule has 0 amide bonds. The molecule has 3 atom stereocenters. The fourth-order valence-corrected chi connectivity index (χ4v) is 2.00. The zero-order valence-corrected chi connectivity index (χ0v) is 12.5. The molecular formula is C13H19ClO3S. The van der Waals surface area contributed by atoms with E-state index in [-0.39, 0.29) is 6.10 Å². The molecule has 0 spiro atoms. The Kier molecular flexibility index (Phi) is 6.86. The quantitative estimate of drug-likeness (QED) is 0.435. The lowest BCUT2D eigenvalue weighted by molar-refractivity contribution is -0.224. The van der Waals surface area contributed by atoms with Gasteiger partial charge in [-0.1, -0.05) is 26.0 Å². The van der Waals surface area contributed by atoms with Crippen LogP contribution >= 0.6 is 11.6 Å². The van der Waals surface area contributed by atoms with Crippen LogP contribution < -0.4 is 0 Å². The van der Waals surface area contributed by atoms with Crippen LogP contribution in [0.1, 0.15) is 38.7 Å². The van der Waals surface area contributed by atoms with Gasteiger partial charge in [-0.2, -0.15) is 0 Å². The summed E-state index contributed by atoms with van der Waals surface area (Å²) < 4.78 is 16.5. The molecule has 0 saturated carbocycles. The number of alkyl halides is 1. The molecule has 0 aliphatic carbocycles. The van der Waals surface area contributed by atoms with Crippen LogP contribution in [0.3, 0.4) is 0 Å². The Hall–Kier alpha value is -0.420. The standard InChI is InChI=1S/C13H19ClO3S/c1-4-10(2)12-5-7-13(8-6-12)18(15)17-16-11(3)9-14/h5-8,10-11H,4,9H2,1-3H3. The first-order chi connectivity index (χ1) is 8.58. The van der Waals surface area contributed by atoms with Crippen molar-refractivity contribution in [2.75, 3.05) is 5.88 Å². The third-order valence-corrected chi connectivity index (χ3v) is 4.03. The van der Waals surface area contributed by atoms with Gasteiger partial charge in [-0.3, -0.25) is 0 Å². The molecule has 3 nitrogen and oxygen atoms in total. The maximum Gasteiger partial charge on any atom is 0.220 e. The van der Waals surface area contributed by atoms with Crippen LogP contribution in [0.15, 0.2) is 29.2 Å². The predicted molar refractivity (Wildman–Crippen MR) is 73.9 cm³/mol. The molecule has 0 fully saturated rings. The van der Waals surface area contributed by atoms with E-state index >= 15 is 0 Å². The maximum absolute atomic E-state index is 11.7. The highest BCUT2D eigenvalue weighted by atomic mass is 35.5. The summed E-state index contributed by atoms with van der Waals surface area (Å²) in [5.74, 6) is 0.797. The van der Waals surface area contributed by atoms with Crippen LogP contribution in [0.25, 0.3) is 0 Å². The monoisotopic (exact) mass is 290 g/mol. The second-order valence-corrected chi connectivity index (χ2v) is 5.63. The zero-order chi connectivity index (χ0) is 13.5. The molecule has 0 aliphatic rings. The van der Waals surface area contributed by atoms with Gasteiger partial charge in [0.25, 0.3) is 0 Å². The average molecular weight is 291 g/mol. The Balaban J connectivity index is 2.59. The molecule has 18 heavy (non-hydrogen) atoms. The Morgan fingerprint density at radius 1 is 1.28 bits per heavy atom. The van der Waals surface area contributed by atoms with Crippen LogP contribution in [0.5, 0.6) is 0 Å². The van der Waals surface area contributed by atoms with Gasteiger partial charge >= 0.3 is 0 Å². The van der Waals surface area contributed by atoms with Crippen molar-refractivity contribution in [3.63, 3.8) is 0 Å². The first kappa shape index (κ1) is 15.6. The molecule has 0 heterocycles. The van der Waals surface area contributed by atoms with Gasteiger partial charge in [-0.05, 0) is 37.0 Å². The summed E-state index contributed by atoms with van der Waals surface area (Å²) in [6.45, 7) is 6.05. The van der Waals surface area contributed by atoms with Gasteiger partial charge in [0.05, 0.1) is 10.8 Å². The van der Waals surface area contributed by atoms with Crippen LogP contribution in [0.2, 0.25) is 0 Å². The summed E-state index contributed by atoms with van der Waals surface area (Å²) in [4.78, 5) is 5.46. The lowest BCUT2D eigenvalue weighted by Crippen LogP contribution is -2.11. The minimum Gasteiger partial charge on any atom is -0.221 e. The van der Waals surface area contributed by atoms with Gasteiger partial charge in [-0.25, -0.2) is 9.10 Å². The highest BCUT2D eigenvalue weighted by molar-refractivity contribution is 7.80. The van der Waals surface area contributed by atoms with E-state index < -0.39 is 11.1 Å². The van der Waals surface area contributed by atoms with E-state index in [2.05, 4.69) is 13.8 Å². The number of halogens is 1. The molecule has 0 N–H and O–H groups in total. The van der Waals surface area contributed by atoms with Gasteiger partial charge in [-0.15, -0.1) is 15.9 Å². The second-order valence-electron chi connectivity index (χ2n) is 4.24. The molecule has 3 unspecified atom stereocenters. The number of hydrogen-bond donors (Lipinski definition) is 0. The van der Waals surface area contributed by atoms with Gasteiger partial charge < -0.3 is 0 Å². The minimum absolute atomic E-state index is 0.282. The molecule has 0 saturated heterocycles. The second kappa shape index (κ2) is 7.89. The van der Waals surface area contributed by atoms with Crippen LogP contribution in [0, 0.1) is 0 Å². The molecule has 0 radical (unpaired) electrons. The average Bonchev–Trinajstić information content (AvgIpc) is 2.43. The van der Waals surface area contributed by atoms with E-state index in [1.54, 1.807) is 19.1 Å². The molecule has 0 bridgehead atoms. The smallest absolute Gasteiger partial charge is 0.220 e. The SMILES string of the molecule is CCC(C)c1ccc(S(=O)OOC(C)CCl)cc1. The van der Waals surface area contributed by atoms with E-state index in [1.807, 2.05) is 12.1 Å². The Morgan fingerprint density at radius 2 is 1.89 bits per heavy atom. The van der Waals surface area contributed by atoms with Crippen molar-refractivity contribution in [2.45, 2.75) is 44.1 Å². The lowest BCUT2D eigenvalue weighted by Gasteiger charge is -2.10. The van der Waals surface area contributed by atoms with E-state index in [0.29, 0.717) is 16.7 Å². The van der Waals surface area contributed by atoms with Crippen molar-refractivity contribution in [3.8, 4) is 0 Å². The zero-order valence-electron chi connectivity index (χ0n) is 10.9. The molecule has 102 valence electrons. The Bertz CT molecular complexity index is 380. The van der Waals surface area contributed by atoms with Crippen molar-refractivity contribution in [3.05, 3.63) is 29.8 Å². The third-order valence-electron chi connectivity index (χ3n) is 2.74. The van der Waals surface area contributed by atoms with Crippen molar-refractivity contribution >= 4 is 22.7 Å². The maximum atomic E-state index is 11.7. The van der Waals surface area contributed by atoms with Crippen molar-refractivity contribution in [1.29, 1.82) is 0 Å². The molecule has 1 aromatic rings. The largest absolute Gasteiger partial charge is 0.221 e. The number of rotatable bonds is 7. The van der Waals surface area contributed by atoms with Gasteiger partial charge in [0.2, 0.25) is 11.1 Å². The first-order valence-electron chi connectivity index (χ1n) is 6.00. The number of hydrogen-bond acceptors (Lipinski definition) is 3. The van der Waals surface area contributed by atoms with Crippen LogP contribution in [-0.2, 0) is 20.3 Å². The predicted octanol–water partition coefficient (Wildman–Crippen LogP) is 3.80. The molecule has 0 aliphatic heterocycles. The highest BCUT2D eigenvalue weighted by Crippen LogP contribution is 2.20. The van der Waals surface area contributed by atoms with Crippen molar-refractivity contribution in [1.82, 2.24) is 0 Å². The highest BCUT2D eigenvalue weighted by Gasteiger charge is 2.10. The lowest BCUT2D eigenvalue weighted by atomic mass is 9.99. The molecule has 0 aromatic heterocycles. The van der Waals surface area contributed by atoms with Gasteiger partial charge in [0.1, 0.15) is 6.10 Å². The summed E-state index contributed by atoms with van der Waals surface area (Å²) in [7, 11) is 0. The first-order valence-corrected chi connectivity index (χ1v) is 7.60. The van der Waals surface area contributed by atoms with Crippen molar-refractivity contribution < 1.29 is 13.4 Å². The summed E-state index contributed by atoms with van der Waals surface area (Å²) in [6, 6.07) is 7.53. The van der Waals surface area contributed by atoms with Crippen LogP contribution in [-0.4, -0.2) is 16.2 Å². The number of benzene rings is 1. The van der Waals surface area contributed by atoms with Crippen molar-refractivity contribution in [2.24, 2.45) is 0 Å². The molecule has 5 heteroatoms. The van der Waals surface area contributed by atoms with E-state index in [0.717, 1.165) is 6.42 Å². The normalized spacial score (nSPS) is 16.2. The van der Waals surface area contributed by atoms with Crippen LogP contribution in [0.4, 0.5) is 0 Å². The molecule has 1 rings (SSSR count). The summed E-state index contributed by atoms with van der Waals surface area (Å²) in [5.41, 5.74) is 1.23. The summed E-state index contributed by atoms with van der Waals surface area (Å²) in [5, 5.41) is 0. The summed E-state index contributed by atoms with van der Waals surface area (Å²) in [6.07, 6.45) is 0.796. The topological polar surface area (TPSA) is 35.5 Å². The Labute approximate surface area is 116 Å². The van der Waals surface area contributed by atoms with E-state index in [4.69, 9.17) is 20.8 Å². The van der Waals surface area contributed by atoms with E-state index in [1.165, 1.54) is 5.56 Å². The third kappa shape index (κ3) is 4.69. The molecular weight excluding hydrogens is 272 g/mol.